The third kappa shape index (κ3) is 4.73. The second-order valence-electron chi connectivity index (χ2n) is 8.28. The fourth-order valence-corrected chi connectivity index (χ4v) is 4.15. The van der Waals surface area contributed by atoms with Crippen molar-refractivity contribution >= 4 is 34.8 Å². The summed E-state index contributed by atoms with van der Waals surface area (Å²) in [6.07, 6.45) is 1.77. The average molecular weight is 441 g/mol. The fourth-order valence-electron chi connectivity index (χ4n) is 3.29. The van der Waals surface area contributed by atoms with Crippen LogP contribution in [-0.4, -0.2) is 64.2 Å². The lowest BCUT2D eigenvalue weighted by Crippen LogP contribution is -2.37. The van der Waals surface area contributed by atoms with Gasteiger partial charge in [-0.2, -0.15) is 0 Å². The first-order valence-corrected chi connectivity index (χ1v) is 11.1. The van der Waals surface area contributed by atoms with Crippen LogP contribution in [0.25, 0.3) is 11.4 Å². The normalized spacial score (nSPS) is 16.4. The molecular formula is C22H28N6O2S. The number of anilines is 2. The highest BCUT2D eigenvalue weighted by molar-refractivity contribution is 8.03. The standard InChI is InChI=1S/C22H28N6O2S/c1-13-11-23-19-17(25-13)10-16(12-24-19)18-26-20(28-6-8-30-9-7-28)14(2)21(27-18)31-15(3)22(4,5)29/h10,12,29H,3,6-9,11H2,1-2,4-5H3,(H,23,24). The third-order valence-corrected chi connectivity index (χ3v) is 6.57. The van der Waals surface area contributed by atoms with E-state index in [4.69, 9.17) is 14.7 Å². The second-order valence-corrected chi connectivity index (χ2v) is 9.36. The van der Waals surface area contributed by atoms with Crippen molar-refractivity contribution in [1.29, 1.82) is 0 Å². The molecule has 1 saturated heterocycles. The van der Waals surface area contributed by atoms with Crippen molar-refractivity contribution in [3.05, 3.63) is 29.3 Å². The Morgan fingerprint density at radius 2 is 2.00 bits per heavy atom. The summed E-state index contributed by atoms with van der Waals surface area (Å²) in [7, 11) is 0. The van der Waals surface area contributed by atoms with Crippen LogP contribution in [-0.2, 0) is 4.74 Å². The molecule has 2 aliphatic heterocycles. The summed E-state index contributed by atoms with van der Waals surface area (Å²) in [6, 6.07) is 1.96. The number of hydrogen-bond donors (Lipinski definition) is 2. The van der Waals surface area contributed by atoms with Gasteiger partial charge in [0.2, 0.25) is 0 Å². The first-order valence-electron chi connectivity index (χ1n) is 10.3. The van der Waals surface area contributed by atoms with Gasteiger partial charge in [-0.05, 0) is 33.8 Å². The van der Waals surface area contributed by atoms with E-state index in [9.17, 15) is 5.11 Å². The van der Waals surface area contributed by atoms with E-state index in [0.717, 1.165) is 52.3 Å². The molecule has 0 atom stereocenters. The van der Waals surface area contributed by atoms with Crippen LogP contribution in [0.4, 0.5) is 17.3 Å². The molecule has 2 N–H and O–H groups in total. The van der Waals surface area contributed by atoms with Gasteiger partial charge in [-0.3, -0.25) is 4.99 Å². The molecule has 0 bridgehead atoms. The number of rotatable bonds is 5. The number of aliphatic imine (C=N–C) groups is 1. The number of pyridine rings is 1. The Bertz CT molecular complexity index is 1040. The molecule has 31 heavy (non-hydrogen) atoms. The zero-order valence-corrected chi connectivity index (χ0v) is 19.2. The third-order valence-electron chi connectivity index (χ3n) is 5.24. The smallest absolute Gasteiger partial charge is 0.164 e. The van der Waals surface area contributed by atoms with Crippen LogP contribution in [0.3, 0.4) is 0 Å². The quantitative estimate of drug-likeness (QED) is 0.538. The van der Waals surface area contributed by atoms with Gasteiger partial charge in [0, 0.05) is 41.0 Å². The van der Waals surface area contributed by atoms with E-state index in [2.05, 4.69) is 26.8 Å². The van der Waals surface area contributed by atoms with Crippen LogP contribution in [0.1, 0.15) is 26.3 Å². The molecule has 2 aliphatic rings. The van der Waals surface area contributed by atoms with E-state index < -0.39 is 5.60 Å². The molecule has 0 saturated carbocycles. The Morgan fingerprint density at radius 1 is 1.26 bits per heavy atom. The molecule has 4 rings (SSSR count). The molecule has 0 radical (unpaired) electrons. The molecule has 0 aromatic carbocycles. The van der Waals surface area contributed by atoms with Gasteiger partial charge < -0.3 is 20.1 Å². The molecule has 0 spiro atoms. The number of ether oxygens (including phenoxy) is 1. The van der Waals surface area contributed by atoms with Crippen LogP contribution < -0.4 is 10.2 Å². The van der Waals surface area contributed by atoms with Crippen molar-refractivity contribution in [1.82, 2.24) is 15.0 Å². The maximum absolute atomic E-state index is 10.4. The van der Waals surface area contributed by atoms with Gasteiger partial charge in [0.1, 0.15) is 16.5 Å². The second kappa shape index (κ2) is 8.57. The van der Waals surface area contributed by atoms with Crippen molar-refractivity contribution in [3.63, 3.8) is 0 Å². The molecule has 0 amide bonds. The highest BCUT2D eigenvalue weighted by Gasteiger charge is 2.24. The Hall–Kier alpha value is -2.49. The first-order chi connectivity index (χ1) is 14.7. The Labute approximate surface area is 186 Å². The number of thioether (sulfide) groups is 1. The highest BCUT2D eigenvalue weighted by atomic mass is 32.2. The lowest BCUT2D eigenvalue weighted by Gasteiger charge is -2.30. The number of nitrogens with zero attached hydrogens (tertiary/aromatic N) is 5. The maximum Gasteiger partial charge on any atom is 0.164 e. The van der Waals surface area contributed by atoms with E-state index in [1.807, 2.05) is 19.9 Å². The predicted molar refractivity (Wildman–Crippen MR) is 126 cm³/mol. The maximum atomic E-state index is 10.4. The summed E-state index contributed by atoms with van der Waals surface area (Å²) in [6.45, 7) is 15.1. The summed E-state index contributed by atoms with van der Waals surface area (Å²) < 4.78 is 5.52. The molecule has 164 valence electrons. The monoisotopic (exact) mass is 440 g/mol. The Kier molecular flexibility index (Phi) is 6.00. The van der Waals surface area contributed by atoms with E-state index in [-0.39, 0.29) is 0 Å². The van der Waals surface area contributed by atoms with Crippen LogP contribution in [0, 0.1) is 6.92 Å². The summed E-state index contributed by atoms with van der Waals surface area (Å²) >= 11 is 1.38. The minimum atomic E-state index is -1.02. The number of morpholine rings is 1. The molecule has 8 nitrogen and oxygen atoms in total. The lowest BCUT2D eigenvalue weighted by atomic mass is 10.1. The van der Waals surface area contributed by atoms with Gasteiger partial charge in [-0.25, -0.2) is 15.0 Å². The Balaban J connectivity index is 1.79. The Morgan fingerprint density at radius 3 is 2.71 bits per heavy atom. The number of aromatic nitrogens is 3. The van der Waals surface area contributed by atoms with Gasteiger partial charge in [0.15, 0.2) is 11.6 Å². The summed E-state index contributed by atoms with van der Waals surface area (Å²) in [5, 5.41) is 14.4. The summed E-state index contributed by atoms with van der Waals surface area (Å²) in [4.78, 5) is 21.7. The van der Waals surface area contributed by atoms with Gasteiger partial charge >= 0.3 is 0 Å². The number of hydrogen-bond acceptors (Lipinski definition) is 9. The molecule has 2 aromatic rings. The van der Waals surface area contributed by atoms with E-state index >= 15 is 0 Å². The highest BCUT2D eigenvalue weighted by Crippen LogP contribution is 2.38. The minimum absolute atomic E-state index is 0.576. The van der Waals surface area contributed by atoms with E-state index in [1.165, 1.54) is 11.8 Å². The zero-order valence-electron chi connectivity index (χ0n) is 18.4. The fraction of sp³-hybridized carbons (Fsp3) is 0.455. The summed E-state index contributed by atoms with van der Waals surface area (Å²) in [5.74, 6) is 2.21. The number of fused-ring (bicyclic) bond motifs is 1. The van der Waals surface area contributed by atoms with Gasteiger partial charge in [0.25, 0.3) is 0 Å². The van der Waals surface area contributed by atoms with Crippen molar-refractivity contribution in [2.45, 2.75) is 38.3 Å². The first kappa shape index (κ1) is 21.7. The predicted octanol–water partition coefficient (Wildman–Crippen LogP) is 3.58. The van der Waals surface area contributed by atoms with Crippen molar-refractivity contribution < 1.29 is 9.84 Å². The van der Waals surface area contributed by atoms with E-state index in [1.54, 1.807) is 20.0 Å². The SMILES string of the molecule is C=C(Sc1nc(-c2cnc3c(c2)N=C(C)CN3)nc(N2CCOCC2)c1C)C(C)(C)O. The molecule has 4 heterocycles. The van der Waals surface area contributed by atoms with Crippen LogP contribution >= 0.6 is 11.8 Å². The van der Waals surface area contributed by atoms with Crippen molar-refractivity contribution in [2.75, 3.05) is 43.1 Å². The average Bonchev–Trinajstić information content (AvgIpc) is 2.74. The lowest BCUT2D eigenvalue weighted by molar-refractivity contribution is 0.122. The van der Waals surface area contributed by atoms with Gasteiger partial charge in [-0.1, -0.05) is 18.3 Å². The number of aliphatic hydroxyl groups is 1. The molecule has 2 aromatic heterocycles. The molecule has 0 aliphatic carbocycles. The minimum Gasteiger partial charge on any atom is -0.385 e. The topological polar surface area (TPSA) is 95.8 Å². The molecular weight excluding hydrogens is 412 g/mol. The number of nitrogens with one attached hydrogen (secondary N) is 1. The van der Waals surface area contributed by atoms with Crippen LogP contribution in [0.2, 0.25) is 0 Å². The van der Waals surface area contributed by atoms with Crippen LogP contribution in [0.5, 0.6) is 0 Å². The molecule has 1 fully saturated rings. The van der Waals surface area contributed by atoms with Crippen molar-refractivity contribution in [3.8, 4) is 11.4 Å². The van der Waals surface area contributed by atoms with Gasteiger partial charge in [0.05, 0.1) is 25.4 Å². The largest absolute Gasteiger partial charge is 0.385 e. The molecule has 0 unspecified atom stereocenters. The van der Waals surface area contributed by atoms with Gasteiger partial charge in [-0.15, -0.1) is 0 Å². The van der Waals surface area contributed by atoms with Crippen LogP contribution in [0.15, 0.2) is 33.8 Å². The summed E-state index contributed by atoms with van der Waals surface area (Å²) in [5.41, 5.74) is 2.52. The van der Waals surface area contributed by atoms with E-state index in [0.29, 0.717) is 30.5 Å². The van der Waals surface area contributed by atoms with Crippen molar-refractivity contribution in [2.24, 2.45) is 4.99 Å². The zero-order chi connectivity index (χ0) is 22.2. The molecule has 9 heteroatoms.